The lowest BCUT2D eigenvalue weighted by Gasteiger charge is -2.08. The number of fused-ring (bicyclic) bond motifs is 2. The number of benzene rings is 1. The van der Waals surface area contributed by atoms with E-state index < -0.39 is 0 Å². The zero-order valence-electron chi connectivity index (χ0n) is 15.1. The molecular weight excluding hydrogens is 358 g/mol. The zero-order valence-corrected chi connectivity index (χ0v) is 15.1. The molecule has 0 unspecified atom stereocenters. The number of nitrogens with one attached hydrogen (secondary N) is 1. The maximum atomic E-state index is 5.43. The predicted octanol–water partition coefficient (Wildman–Crippen LogP) is 3.14. The van der Waals surface area contributed by atoms with Gasteiger partial charge in [0.25, 0.3) is 0 Å². The zero-order chi connectivity index (χ0) is 18.9. The first kappa shape index (κ1) is 16.4. The first-order valence-electron chi connectivity index (χ1n) is 8.76. The molecular formula is C20H17N5O3. The van der Waals surface area contributed by atoms with Crippen LogP contribution in [0.4, 0.5) is 5.82 Å². The van der Waals surface area contributed by atoms with Gasteiger partial charge in [-0.3, -0.25) is 4.98 Å². The molecule has 0 bridgehead atoms. The van der Waals surface area contributed by atoms with Gasteiger partial charge in [-0.1, -0.05) is 6.07 Å². The van der Waals surface area contributed by atoms with E-state index in [4.69, 9.17) is 19.2 Å². The SMILES string of the molecule is COc1cncc(-c2cnn3ccc(NCc4ccc5c(c4)OCO5)nc23)c1. The van der Waals surface area contributed by atoms with Crippen molar-refractivity contribution in [2.75, 3.05) is 19.2 Å². The van der Waals surface area contributed by atoms with E-state index in [-0.39, 0.29) is 6.79 Å². The molecule has 1 aromatic carbocycles. The van der Waals surface area contributed by atoms with Crippen LogP contribution < -0.4 is 19.5 Å². The smallest absolute Gasteiger partial charge is 0.231 e. The summed E-state index contributed by atoms with van der Waals surface area (Å²) in [6, 6.07) is 9.70. The molecule has 0 amide bonds. The average molecular weight is 375 g/mol. The van der Waals surface area contributed by atoms with Crippen LogP contribution in [0.25, 0.3) is 16.8 Å². The summed E-state index contributed by atoms with van der Waals surface area (Å²) < 4.78 is 17.8. The van der Waals surface area contributed by atoms with E-state index in [1.807, 2.05) is 36.5 Å². The van der Waals surface area contributed by atoms with Crippen molar-refractivity contribution in [3.05, 3.63) is 60.7 Å². The van der Waals surface area contributed by atoms with E-state index in [0.29, 0.717) is 12.3 Å². The van der Waals surface area contributed by atoms with Crippen LogP contribution in [0.3, 0.4) is 0 Å². The second kappa shape index (κ2) is 6.73. The van der Waals surface area contributed by atoms with Gasteiger partial charge in [0.15, 0.2) is 17.1 Å². The van der Waals surface area contributed by atoms with Crippen LogP contribution in [-0.4, -0.2) is 33.5 Å². The van der Waals surface area contributed by atoms with E-state index in [1.165, 1.54) is 0 Å². The molecule has 4 aromatic rings. The topological polar surface area (TPSA) is 82.8 Å². The summed E-state index contributed by atoms with van der Waals surface area (Å²) in [5.41, 5.74) is 3.61. The lowest BCUT2D eigenvalue weighted by Crippen LogP contribution is -2.03. The van der Waals surface area contributed by atoms with Crippen molar-refractivity contribution >= 4 is 11.5 Å². The Morgan fingerprint density at radius 1 is 1.11 bits per heavy atom. The molecule has 0 spiro atoms. The Hall–Kier alpha value is -3.81. The molecule has 0 saturated heterocycles. The minimum absolute atomic E-state index is 0.271. The summed E-state index contributed by atoms with van der Waals surface area (Å²) in [6.07, 6.45) is 7.09. The maximum Gasteiger partial charge on any atom is 0.231 e. The maximum absolute atomic E-state index is 5.43. The number of hydrogen-bond acceptors (Lipinski definition) is 7. The van der Waals surface area contributed by atoms with Gasteiger partial charge in [-0.2, -0.15) is 5.10 Å². The molecule has 0 radical (unpaired) electrons. The molecule has 3 aromatic heterocycles. The third-order valence-electron chi connectivity index (χ3n) is 4.54. The average Bonchev–Trinajstić information content (AvgIpc) is 3.38. The Bertz CT molecular complexity index is 1160. The number of aromatic nitrogens is 4. The van der Waals surface area contributed by atoms with Gasteiger partial charge >= 0.3 is 0 Å². The van der Waals surface area contributed by atoms with Crippen LogP contribution in [0.2, 0.25) is 0 Å². The Balaban J connectivity index is 1.41. The molecule has 1 aliphatic heterocycles. The monoisotopic (exact) mass is 375 g/mol. The van der Waals surface area contributed by atoms with E-state index in [0.717, 1.165) is 39.7 Å². The van der Waals surface area contributed by atoms with Crippen molar-refractivity contribution < 1.29 is 14.2 Å². The third-order valence-corrected chi connectivity index (χ3v) is 4.54. The first-order chi connectivity index (χ1) is 13.8. The highest BCUT2D eigenvalue weighted by Gasteiger charge is 2.14. The summed E-state index contributed by atoms with van der Waals surface area (Å²) in [5.74, 6) is 2.99. The van der Waals surface area contributed by atoms with Crippen molar-refractivity contribution in [2.45, 2.75) is 6.54 Å². The van der Waals surface area contributed by atoms with Crippen LogP contribution in [0.1, 0.15) is 5.56 Å². The molecule has 140 valence electrons. The Labute approximate surface area is 160 Å². The molecule has 0 fully saturated rings. The fraction of sp³-hybridized carbons (Fsp3) is 0.150. The van der Waals surface area contributed by atoms with E-state index in [2.05, 4.69) is 15.4 Å². The summed E-state index contributed by atoms with van der Waals surface area (Å²) in [6.45, 7) is 0.886. The van der Waals surface area contributed by atoms with Crippen molar-refractivity contribution in [1.29, 1.82) is 0 Å². The number of nitrogens with zero attached hydrogens (tertiary/aromatic N) is 4. The van der Waals surface area contributed by atoms with Crippen molar-refractivity contribution in [2.24, 2.45) is 0 Å². The second-order valence-electron chi connectivity index (χ2n) is 6.29. The van der Waals surface area contributed by atoms with Gasteiger partial charge in [0.2, 0.25) is 6.79 Å². The van der Waals surface area contributed by atoms with Crippen LogP contribution in [0.15, 0.2) is 55.1 Å². The molecule has 0 aliphatic carbocycles. The molecule has 28 heavy (non-hydrogen) atoms. The fourth-order valence-corrected chi connectivity index (χ4v) is 3.09. The number of methoxy groups -OCH3 is 1. The number of rotatable bonds is 5. The van der Waals surface area contributed by atoms with Gasteiger partial charge in [0.05, 0.1) is 19.5 Å². The van der Waals surface area contributed by atoms with Crippen molar-refractivity contribution in [3.8, 4) is 28.4 Å². The number of anilines is 1. The lowest BCUT2D eigenvalue weighted by molar-refractivity contribution is 0.174. The molecule has 0 saturated carbocycles. The predicted molar refractivity (Wildman–Crippen MR) is 103 cm³/mol. The molecule has 0 atom stereocenters. The molecule has 5 rings (SSSR count). The van der Waals surface area contributed by atoms with E-state index >= 15 is 0 Å². The van der Waals surface area contributed by atoms with Gasteiger partial charge in [0, 0.05) is 30.1 Å². The van der Waals surface area contributed by atoms with Crippen LogP contribution >= 0.6 is 0 Å². The minimum atomic E-state index is 0.271. The lowest BCUT2D eigenvalue weighted by atomic mass is 10.1. The first-order valence-corrected chi connectivity index (χ1v) is 8.76. The fourth-order valence-electron chi connectivity index (χ4n) is 3.09. The summed E-state index contributed by atoms with van der Waals surface area (Å²) in [5, 5.41) is 7.72. The molecule has 4 heterocycles. The molecule has 1 aliphatic rings. The van der Waals surface area contributed by atoms with Crippen LogP contribution in [-0.2, 0) is 6.54 Å². The van der Waals surface area contributed by atoms with E-state index in [1.54, 1.807) is 30.2 Å². The number of ether oxygens (including phenoxy) is 3. The van der Waals surface area contributed by atoms with Crippen LogP contribution in [0, 0.1) is 0 Å². The second-order valence-corrected chi connectivity index (χ2v) is 6.29. The third kappa shape index (κ3) is 2.94. The normalized spacial score (nSPS) is 12.3. The summed E-state index contributed by atoms with van der Waals surface area (Å²) >= 11 is 0. The highest BCUT2D eigenvalue weighted by molar-refractivity contribution is 5.77. The molecule has 8 heteroatoms. The standard InChI is InChI=1S/C20H17N5O3/c1-26-15-7-14(9-21-10-15)16-11-23-25-5-4-19(24-20(16)25)22-8-13-2-3-17-18(6-13)28-12-27-17/h2-7,9-11H,8,12H2,1H3,(H,22,24). The van der Waals surface area contributed by atoms with Crippen LogP contribution in [0.5, 0.6) is 17.2 Å². The van der Waals surface area contributed by atoms with Crippen molar-refractivity contribution in [3.63, 3.8) is 0 Å². The molecule has 1 N–H and O–H groups in total. The number of pyridine rings is 1. The van der Waals surface area contributed by atoms with Gasteiger partial charge in [-0.15, -0.1) is 0 Å². The highest BCUT2D eigenvalue weighted by atomic mass is 16.7. The Kier molecular flexibility index (Phi) is 3.93. The van der Waals surface area contributed by atoms with Gasteiger partial charge in [0.1, 0.15) is 11.6 Å². The minimum Gasteiger partial charge on any atom is -0.495 e. The highest BCUT2D eigenvalue weighted by Crippen LogP contribution is 2.32. The van der Waals surface area contributed by atoms with Gasteiger partial charge in [-0.25, -0.2) is 9.50 Å². The van der Waals surface area contributed by atoms with E-state index in [9.17, 15) is 0 Å². The summed E-state index contributed by atoms with van der Waals surface area (Å²) in [7, 11) is 1.62. The van der Waals surface area contributed by atoms with Gasteiger partial charge in [-0.05, 0) is 29.8 Å². The molecule has 8 nitrogen and oxygen atoms in total. The quantitative estimate of drug-likeness (QED) is 0.574. The Morgan fingerprint density at radius 3 is 2.96 bits per heavy atom. The van der Waals surface area contributed by atoms with Crippen molar-refractivity contribution in [1.82, 2.24) is 19.6 Å². The summed E-state index contributed by atoms with van der Waals surface area (Å²) in [4.78, 5) is 8.94. The largest absolute Gasteiger partial charge is 0.495 e. The number of hydrogen-bond donors (Lipinski definition) is 1. The van der Waals surface area contributed by atoms with Gasteiger partial charge < -0.3 is 19.5 Å². The Morgan fingerprint density at radius 2 is 2.04 bits per heavy atom.